The van der Waals surface area contributed by atoms with Gasteiger partial charge >= 0.3 is 0 Å². The summed E-state index contributed by atoms with van der Waals surface area (Å²) in [6, 6.07) is 0. The zero-order chi connectivity index (χ0) is 6.20. The maximum atomic E-state index is 9.74. The highest BCUT2D eigenvalue weighted by Gasteiger charge is 2.93. The summed E-state index contributed by atoms with van der Waals surface area (Å²) in [5.41, 5.74) is 0. The average molecular weight is 134 g/mol. The van der Waals surface area contributed by atoms with Crippen LogP contribution < -0.4 is 0 Å². The van der Waals surface area contributed by atoms with E-state index in [0.29, 0.717) is 0 Å². The van der Waals surface area contributed by atoms with Crippen molar-refractivity contribution in [2.75, 3.05) is 0 Å². The fraction of sp³-hybridized carbons (Fsp3) is 1.00. The van der Waals surface area contributed by atoms with Gasteiger partial charge < -0.3 is 5.11 Å². The second kappa shape index (κ2) is 0.781. The van der Waals surface area contributed by atoms with Gasteiger partial charge in [0.05, 0.1) is 6.10 Å². The maximum absolute atomic E-state index is 9.74. The Kier molecular flexibility index (Phi) is 0.320. The predicted octanol–water partition coefficient (Wildman–Crippen LogP) is 0.345. The van der Waals surface area contributed by atoms with Crippen LogP contribution in [0.2, 0.25) is 0 Å². The fourth-order valence-electron chi connectivity index (χ4n) is 5.53. The number of hydrogen-bond acceptors (Lipinski definition) is 1. The zero-order valence-electron chi connectivity index (χ0n) is 5.64. The van der Waals surface area contributed by atoms with E-state index in [4.69, 9.17) is 0 Å². The Balaban J connectivity index is 1.93. The molecule has 52 valence electrons. The van der Waals surface area contributed by atoms with E-state index in [1.807, 2.05) is 0 Å². The van der Waals surface area contributed by atoms with E-state index in [-0.39, 0.29) is 6.10 Å². The first-order valence-electron chi connectivity index (χ1n) is 4.59. The summed E-state index contributed by atoms with van der Waals surface area (Å²) >= 11 is 0. The van der Waals surface area contributed by atoms with E-state index in [1.165, 1.54) is 0 Å². The van der Waals surface area contributed by atoms with Gasteiger partial charge in [-0.15, -0.1) is 0 Å². The molecule has 6 saturated carbocycles. The highest BCUT2D eigenvalue weighted by atomic mass is 16.3. The molecule has 0 radical (unpaired) electrons. The lowest BCUT2D eigenvalue weighted by Crippen LogP contribution is -2.17. The molecule has 0 aliphatic heterocycles. The average Bonchev–Trinajstić information content (AvgIpc) is 2.70. The van der Waals surface area contributed by atoms with Crippen molar-refractivity contribution >= 4 is 0 Å². The smallest absolute Gasteiger partial charge is 0.0607 e. The second-order valence-electron chi connectivity index (χ2n) is 5.11. The summed E-state index contributed by atoms with van der Waals surface area (Å²) in [6.45, 7) is 0. The molecule has 0 heterocycles. The van der Waals surface area contributed by atoms with E-state index in [1.54, 1.807) is 0 Å². The van der Waals surface area contributed by atoms with Gasteiger partial charge in [0.1, 0.15) is 0 Å². The molecular formula is C9H10O. The molecule has 10 heavy (non-hydrogen) atoms. The minimum absolute atomic E-state index is 0.167. The molecule has 1 N–H and O–H groups in total. The van der Waals surface area contributed by atoms with Crippen LogP contribution in [0.3, 0.4) is 0 Å². The highest BCUT2D eigenvalue weighted by molar-refractivity contribution is 5.40. The van der Waals surface area contributed by atoms with Crippen molar-refractivity contribution in [2.24, 2.45) is 47.3 Å². The Morgan fingerprint density at radius 3 is 1.10 bits per heavy atom. The van der Waals surface area contributed by atoms with Crippen LogP contribution in [0.1, 0.15) is 0 Å². The zero-order valence-corrected chi connectivity index (χ0v) is 5.64. The minimum Gasteiger partial charge on any atom is -0.393 e. The van der Waals surface area contributed by atoms with Gasteiger partial charge in [0.2, 0.25) is 0 Å². The Labute approximate surface area is 59.4 Å². The van der Waals surface area contributed by atoms with Gasteiger partial charge in [-0.25, -0.2) is 0 Å². The standard InChI is InChI=1S/C9H10O/c10-9-7-3-1-2-5(7)6(2)8(9)4(1)3/h1-10H/t1?,2?,3-,4+,5-,6+,7?,8?,9?. The maximum Gasteiger partial charge on any atom is 0.0607 e. The molecule has 6 aliphatic carbocycles. The van der Waals surface area contributed by atoms with Gasteiger partial charge in [0.15, 0.2) is 0 Å². The third kappa shape index (κ3) is 0.168. The van der Waals surface area contributed by atoms with Gasteiger partial charge in [0.25, 0.3) is 0 Å². The van der Waals surface area contributed by atoms with Crippen LogP contribution in [-0.4, -0.2) is 11.2 Å². The van der Waals surface area contributed by atoms with Crippen LogP contribution >= 0.6 is 0 Å². The second-order valence-corrected chi connectivity index (χ2v) is 5.11. The molecule has 0 amide bonds. The number of aliphatic hydroxyl groups is 1. The topological polar surface area (TPSA) is 20.2 Å². The number of hydrogen-bond donors (Lipinski definition) is 1. The molecule has 0 aromatic rings. The molecular weight excluding hydrogens is 124 g/mol. The molecule has 6 aliphatic rings. The van der Waals surface area contributed by atoms with Crippen molar-refractivity contribution in [1.29, 1.82) is 0 Å². The van der Waals surface area contributed by atoms with Crippen molar-refractivity contribution < 1.29 is 5.11 Å². The molecule has 1 nitrogen and oxygen atoms in total. The van der Waals surface area contributed by atoms with Gasteiger partial charge in [-0.05, 0) is 47.3 Å². The van der Waals surface area contributed by atoms with Gasteiger partial charge in [0, 0.05) is 0 Å². The normalized spacial score (nSPS) is 97.5. The molecule has 3 unspecified atom stereocenters. The first-order chi connectivity index (χ1) is 4.91. The fourth-order valence-corrected chi connectivity index (χ4v) is 5.53. The predicted molar refractivity (Wildman–Crippen MR) is 33.9 cm³/mol. The van der Waals surface area contributed by atoms with E-state index in [9.17, 15) is 5.11 Å². The van der Waals surface area contributed by atoms with Crippen molar-refractivity contribution in [2.45, 2.75) is 6.10 Å². The molecule has 1 heteroatoms. The van der Waals surface area contributed by atoms with Crippen molar-refractivity contribution in [3.05, 3.63) is 0 Å². The first-order valence-corrected chi connectivity index (χ1v) is 4.59. The van der Waals surface area contributed by atoms with Crippen LogP contribution in [0.15, 0.2) is 0 Å². The largest absolute Gasteiger partial charge is 0.393 e. The molecule has 0 saturated heterocycles. The molecule has 0 aromatic carbocycles. The number of rotatable bonds is 0. The van der Waals surface area contributed by atoms with Crippen LogP contribution in [-0.2, 0) is 0 Å². The summed E-state index contributed by atoms with van der Waals surface area (Å²) in [6.07, 6.45) is 0.167. The lowest BCUT2D eigenvalue weighted by molar-refractivity contribution is 0.101. The molecule has 7 atom stereocenters. The Morgan fingerprint density at radius 2 is 0.800 bits per heavy atom. The minimum atomic E-state index is 0.167. The summed E-state index contributed by atoms with van der Waals surface area (Å²) in [4.78, 5) is 0. The van der Waals surface area contributed by atoms with E-state index >= 15 is 0 Å². The quantitative estimate of drug-likeness (QED) is 0.506. The Hall–Kier alpha value is -0.0400. The SMILES string of the molecule is OC1C2[C@@H]3C4C5[C@@H]2[C@H]5C1[C@@H]43. The van der Waals surface area contributed by atoms with E-state index in [0.717, 1.165) is 47.3 Å². The summed E-state index contributed by atoms with van der Waals surface area (Å²) in [7, 11) is 0. The van der Waals surface area contributed by atoms with Crippen LogP contribution in [0.4, 0.5) is 0 Å². The van der Waals surface area contributed by atoms with E-state index in [2.05, 4.69) is 0 Å². The van der Waals surface area contributed by atoms with E-state index < -0.39 is 0 Å². The summed E-state index contributed by atoms with van der Waals surface area (Å²) in [5.74, 6) is 8.09. The molecule has 6 rings (SSSR count). The van der Waals surface area contributed by atoms with Gasteiger partial charge in [-0.3, -0.25) is 0 Å². The third-order valence-corrected chi connectivity index (χ3v) is 5.40. The Morgan fingerprint density at radius 1 is 0.500 bits per heavy atom. The van der Waals surface area contributed by atoms with Crippen LogP contribution in [0, 0.1) is 47.3 Å². The molecule has 0 aromatic heterocycles. The summed E-state index contributed by atoms with van der Waals surface area (Å²) in [5, 5.41) is 9.74. The lowest BCUT2D eigenvalue weighted by atomic mass is 10.0. The third-order valence-electron chi connectivity index (χ3n) is 5.40. The molecule has 6 fully saturated rings. The van der Waals surface area contributed by atoms with Crippen molar-refractivity contribution in [3.63, 3.8) is 0 Å². The van der Waals surface area contributed by atoms with Gasteiger partial charge in [-0.1, -0.05) is 0 Å². The van der Waals surface area contributed by atoms with Gasteiger partial charge in [-0.2, -0.15) is 0 Å². The first kappa shape index (κ1) is 4.10. The Bertz CT molecular complexity index is 210. The molecule has 2 bridgehead atoms. The monoisotopic (exact) mass is 134 g/mol. The number of aliphatic hydroxyl groups excluding tert-OH is 1. The summed E-state index contributed by atoms with van der Waals surface area (Å²) < 4.78 is 0. The van der Waals surface area contributed by atoms with Crippen LogP contribution in [0.5, 0.6) is 0 Å². The highest BCUT2D eigenvalue weighted by Crippen LogP contribution is 2.94. The molecule has 0 spiro atoms. The van der Waals surface area contributed by atoms with Crippen LogP contribution in [0.25, 0.3) is 0 Å². The lowest BCUT2D eigenvalue weighted by Gasteiger charge is -2.10. The van der Waals surface area contributed by atoms with Crippen molar-refractivity contribution in [3.8, 4) is 0 Å². The van der Waals surface area contributed by atoms with Crippen molar-refractivity contribution in [1.82, 2.24) is 0 Å².